The average molecular weight is 172 g/mol. The second kappa shape index (κ2) is 4.83. The van der Waals surface area contributed by atoms with Crippen molar-refractivity contribution in [2.24, 2.45) is 0 Å². The van der Waals surface area contributed by atoms with Crippen molar-refractivity contribution in [2.75, 3.05) is 12.4 Å². The van der Waals surface area contributed by atoms with E-state index in [1.165, 1.54) is 24.2 Å². The molecule has 0 bridgehead atoms. The summed E-state index contributed by atoms with van der Waals surface area (Å²) in [5.74, 6) is 1.32. The van der Waals surface area contributed by atoms with Gasteiger partial charge >= 0.3 is 0 Å². The SMILES string of the molecule is C=C(CCO)CC1CCCS1. The molecule has 1 atom stereocenters. The van der Waals surface area contributed by atoms with E-state index in [-0.39, 0.29) is 6.61 Å². The van der Waals surface area contributed by atoms with Crippen LogP contribution in [0.1, 0.15) is 25.7 Å². The maximum absolute atomic E-state index is 8.64. The van der Waals surface area contributed by atoms with Gasteiger partial charge in [0.2, 0.25) is 0 Å². The molecule has 1 aliphatic heterocycles. The van der Waals surface area contributed by atoms with Crippen LogP contribution in [0.4, 0.5) is 0 Å². The first-order valence-corrected chi connectivity index (χ1v) is 5.27. The summed E-state index contributed by atoms with van der Waals surface area (Å²) in [5.41, 5.74) is 1.21. The smallest absolute Gasteiger partial charge is 0.0468 e. The summed E-state index contributed by atoms with van der Waals surface area (Å²) < 4.78 is 0. The van der Waals surface area contributed by atoms with Gasteiger partial charge in [0.1, 0.15) is 0 Å². The van der Waals surface area contributed by atoms with Gasteiger partial charge in [-0.3, -0.25) is 0 Å². The summed E-state index contributed by atoms with van der Waals surface area (Å²) in [7, 11) is 0. The number of hydrogen-bond donors (Lipinski definition) is 1. The van der Waals surface area contributed by atoms with E-state index in [4.69, 9.17) is 5.11 Å². The second-order valence-electron chi connectivity index (χ2n) is 3.06. The minimum Gasteiger partial charge on any atom is -0.396 e. The molecule has 0 aromatic rings. The number of aliphatic hydroxyl groups is 1. The minimum atomic E-state index is 0.260. The lowest BCUT2D eigenvalue weighted by Crippen LogP contribution is -1.99. The van der Waals surface area contributed by atoms with Gasteiger partial charge in [-0.05, 0) is 31.4 Å². The highest BCUT2D eigenvalue weighted by Gasteiger charge is 2.15. The Morgan fingerprint density at radius 1 is 1.64 bits per heavy atom. The van der Waals surface area contributed by atoms with Crippen molar-refractivity contribution in [3.8, 4) is 0 Å². The van der Waals surface area contributed by atoms with E-state index >= 15 is 0 Å². The molecule has 1 saturated heterocycles. The predicted octanol–water partition coefficient (Wildman–Crippen LogP) is 2.21. The van der Waals surface area contributed by atoms with Gasteiger partial charge in [0.05, 0.1) is 0 Å². The molecular weight excluding hydrogens is 156 g/mol. The quantitative estimate of drug-likeness (QED) is 0.656. The van der Waals surface area contributed by atoms with Gasteiger partial charge in [0.15, 0.2) is 0 Å². The van der Waals surface area contributed by atoms with Gasteiger partial charge in [-0.2, -0.15) is 11.8 Å². The van der Waals surface area contributed by atoms with E-state index in [0.29, 0.717) is 0 Å². The highest BCUT2D eigenvalue weighted by atomic mass is 32.2. The molecule has 0 aliphatic carbocycles. The molecule has 0 radical (unpaired) electrons. The monoisotopic (exact) mass is 172 g/mol. The first-order chi connectivity index (χ1) is 5.33. The summed E-state index contributed by atoms with van der Waals surface area (Å²) >= 11 is 2.05. The average Bonchev–Trinajstić information content (AvgIpc) is 2.40. The van der Waals surface area contributed by atoms with Crippen LogP contribution in [-0.2, 0) is 0 Å². The summed E-state index contributed by atoms with van der Waals surface area (Å²) in [6.07, 6.45) is 4.61. The zero-order valence-corrected chi connectivity index (χ0v) is 7.70. The van der Waals surface area contributed by atoms with Gasteiger partial charge in [-0.25, -0.2) is 0 Å². The van der Waals surface area contributed by atoms with E-state index in [1.807, 2.05) is 0 Å². The maximum Gasteiger partial charge on any atom is 0.0468 e. The number of thioether (sulfide) groups is 1. The number of hydrogen-bond acceptors (Lipinski definition) is 2. The molecule has 11 heavy (non-hydrogen) atoms. The molecule has 0 saturated carbocycles. The van der Waals surface area contributed by atoms with E-state index < -0.39 is 0 Å². The highest BCUT2D eigenvalue weighted by molar-refractivity contribution is 8.00. The Balaban J connectivity index is 2.13. The van der Waals surface area contributed by atoms with Crippen LogP contribution in [0.15, 0.2) is 12.2 Å². The molecule has 1 heterocycles. The zero-order chi connectivity index (χ0) is 8.10. The Labute approximate surface area is 72.9 Å². The fraction of sp³-hybridized carbons (Fsp3) is 0.778. The van der Waals surface area contributed by atoms with Gasteiger partial charge < -0.3 is 5.11 Å². The Hall–Kier alpha value is 0.0500. The first-order valence-electron chi connectivity index (χ1n) is 4.22. The topological polar surface area (TPSA) is 20.2 Å². The van der Waals surface area contributed by atoms with Crippen LogP contribution in [0, 0.1) is 0 Å². The Morgan fingerprint density at radius 3 is 3.00 bits per heavy atom. The van der Waals surface area contributed by atoms with Crippen LogP contribution in [0.5, 0.6) is 0 Å². The summed E-state index contributed by atoms with van der Waals surface area (Å²) in [6, 6.07) is 0. The third-order valence-corrected chi connectivity index (χ3v) is 3.40. The van der Waals surface area contributed by atoms with E-state index in [9.17, 15) is 0 Å². The number of aliphatic hydroxyl groups excluding tert-OH is 1. The second-order valence-corrected chi connectivity index (χ2v) is 4.47. The van der Waals surface area contributed by atoms with Crippen LogP contribution in [0.25, 0.3) is 0 Å². The fourth-order valence-corrected chi connectivity index (χ4v) is 2.74. The molecule has 0 aromatic heterocycles. The Morgan fingerprint density at radius 2 is 2.45 bits per heavy atom. The van der Waals surface area contributed by atoms with Crippen molar-refractivity contribution >= 4 is 11.8 Å². The van der Waals surface area contributed by atoms with Crippen molar-refractivity contribution in [2.45, 2.75) is 30.9 Å². The van der Waals surface area contributed by atoms with Crippen LogP contribution in [0.3, 0.4) is 0 Å². The molecule has 1 fully saturated rings. The third-order valence-electron chi connectivity index (χ3n) is 2.01. The van der Waals surface area contributed by atoms with Crippen molar-refractivity contribution in [3.05, 3.63) is 12.2 Å². The molecule has 1 N–H and O–H groups in total. The molecule has 1 aliphatic rings. The first kappa shape index (κ1) is 9.14. The molecule has 1 unspecified atom stereocenters. The van der Waals surface area contributed by atoms with Gasteiger partial charge in [0.25, 0.3) is 0 Å². The van der Waals surface area contributed by atoms with Crippen LogP contribution < -0.4 is 0 Å². The molecule has 64 valence electrons. The predicted molar refractivity (Wildman–Crippen MR) is 50.9 cm³/mol. The molecular formula is C9H16OS. The summed E-state index contributed by atoms with van der Waals surface area (Å²) in [5, 5.41) is 9.44. The lowest BCUT2D eigenvalue weighted by molar-refractivity contribution is 0.298. The maximum atomic E-state index is 8.64. The molecule has 2 heteroatoms. The summed E-state index contributed by atoms with van der Waals surface area (Å²) in [4.78, 5) is 0. The minimum absolute atomic E-state index is 0.260. The van der Waals surface area contributed by atoms with Crippen molar-refractivity contribution in [1.29, 1.82) is 0 Å². The van der Waals surface area contributed by atoms with Crippen LogP contribution in [-0.4, -0.2) is 22.7 Å². The van der Waals surface area contributed by atoms with Gasteiger partial charge in [0, 0.05) is 11.9 Å². The standard InChI is InChI=1S/C9H16OS/c1-8(4-5-10)7-9-3-2-6-11-9/h9-10H,1-7H2. The lowest BCUT2D eigenvalue weighted by Gasteiger charge is -2.09. The molecule has 0 amide bonds. The van der Waals surface area contributed by atoms with E-state index in [0.717, 1.165) is 18.1 Å². The zero-order valence-electron chi connectivity index (χ0n) is 6.88. The fourth-order valence-electron chi connectivity index (χ4n) is 1.39. The van der Waals surface area contributed by atoms with Crippen molar-refractivity contribution < 1.29 is 5.11 Å². The molecule has 0 aromatic carbocycles. The molecule has 1 rings (SSSR count). The van der Waals surface area contributed by atoms with Gasteiger partial charge in [-0.15, -0.1) is 0 Å². The summed E-state index contributed by atoms with van der Waals surface area (Å²) in [6.45, 7) is 4.19. The Kier molecular flexibility index (Phi) is 4.02. The normalized spacial score (nSPS) is 23.9. The highest BCUT2D eigenvalue weighted by Crippen LogP contribution is 2.30. The largest absolute Gasteiger partial charge is 0.396 e. The van der Waals surface area contributed by atoms with Gasteiger partial charge in [-0.1, -0.05) is 12.2 Å². The molecule has 0 spiro atoms. The van der Waals surface area contributed by atoms with E-state index in [2.05, 4.69) is 18.3 Å². The van der Waals surface area contributed by atoms with E-state index in [1.54, 1.807) is 0 Å². The molecule has 1 nitrogen and oxygen atoms in total. The van der Waals surface area contributed by atoms with Crippen molar-refractivity contribution in [1.82, 2.24) is 0 Å². The lowest BCUT2D eigenvalue weighted by atomic mass is 10.1. The van der Waals surface area contributed by atoms with Crippen molar-refractivity contribution in [3.63, 3.8) is 0 Å². The van der Waals surface area contributed by atoms with Crippen LogP contribution in [0.2, 0.25) is 0 Å². The number of rotatable bonds is 4. The van der Waals surface area contributed by atoms with Crippen LogP contribution >= 0.6 is 11.8 Å². The third kappa shape index (κ3) is 3.30. The Bertz CT molecular complexity index is 128.